The molecule has 1 saturated carbocycles. The Morgan fingerprint density at radius 1 is 0.246 bits per heavy atom. The molecule has 7 aromatic rings. The van der Waals surface area contributed by atoms with Gasteiger partial charge in [-0.15, -0.1) is 0 Å². The van der Waals surface area contributed by atoms with E-state index in [2.05, 4.69) is 175 Å². The quantitative estimate of drug-likeness (QED) is 0.0333. The highest BCUT2D eigenvalue weighted by molar-refractivity contribution is 5.48. The predicted molar refractivity (Wildman–Crippen MR) is 467 cm³/mol. The first-order valence-electron chi connectivity index (χ1n) is 37.6. The van der Waals surface area contributed by atoms with E-state index in [0.29, 0.717) is 11.8 Å². The van der Waals surface area contributed by atoms with Crippen molar-refractivity contribution in [2.45, 2.75) is 78.1 Å². The van der Waals surface area contributed by atoms with Gasteiger partial charge in [-0.2, -0.15) is 0 Å². The second kappa shape index (κ2) is 66.4. The second-order valence-corrected chi connectivity index (χ2v) is 24.8. The van der Waals surface area contributed by atoms with Crippen molar-refractivity contribution < 1.29 is 75.8 Å². The molecule has 114 heavy (non-hydrogen) atoms. The minimum atomic E-state index is -0.625. The maximum Gasteiger partial charge on any atom is 0.126 e. The molecule has 7 aromatic carbocycles. The molecule has 0 aromatic heterocycles. The third-order valence-electron chi connectivity index (χ3n) is 15.8. The van der Waals surface area contributed by atoms with Crippen LogP contribution in [0, 0.1) is 22.7 Å². The molecule has 0 heterocycles. The summed E-state index contributed by atoms with van der Waals surface area (Å²) in [5, 5.41) is 0. The van der Waals surface area contributed by atoms with E-state index in [4.69, 9.17) is 75.8 Å². The molecule has 1 aliphatic carbocycles. The summed E-state index contributed by atoms with van der Waals surface area (Å²) in [7, 11) is 0. The summed E-state index contributed by atoms with van der Waals surface area (Å²) >= 11 is 0. The third kappa shape index (κ3) is 43.9. The number of hydrogen-bond donors (Lipinski definition) is 0. The van der Waals surface area contributed by atoms with Gasteiger partial charge in [0.1, 0.15) is 79.9 Å². The first kappa shape index (κ1) is 99.6. The number of para-hydroxylation sites is 3. The first-order valence-corrected chi connectivity index (χ1v) is 37.6. The van der Waals surface area contributed by atoms with Crippen LogP contribution in [-0.4, -0.2) is 66.1 Å². The zero-order valence-electron chi connectivity index (χ0n) is 67.8. The van der Waals surface area contributed by atoms with Crippen LogP contribution in [0.25, 0.3) is 0 Å². The van der Waals surface area contributed by atoms with Crippen molar-refractivity contribution in [2.75, 3.05) is 66.1 Å². The monoisotopic (exact) mass is 1560 g/mol. The van der Waals surface area contributed by atoms with Gasteiger partial charge in [0.15, 0.2) is 0 Å². The molecule has 8 rings (SSSR count). The molecule has 0 aliphatic heterocycles. The largest absolute Gasteiger partial charge is 0.502 e. The average molecular weight is 1560 g/mol. The fourth-order valence-corrected chi connectivity index (χ4v) is 10.7. The van der Waals surface area contributed by atoms with Gasteiger partial charge in [0, 0.05) is 11.8 Å². The molecule has 0 spiro atoms. The maximum absolute atomic E-state index is 6.06. The summed E-state index contributed by atoms with van der Waals surface area (Å²) in [6.07, 6.45) is 28.6. The Balaban J connectivity index is 0.000000742. The van der Waals surface area contributed by atoms with E-state index in [1.54, 1.807) is 0 Å². The van der Waals surface area contributed by atoms with Crippen molar-refractivity contribution in [1.82, 2.24) is 0 Å². The SMILES string of the molecule is C=COCC(COC=C)(COC=C)COCC(COC=C)(COC=C)COC=C.C=COCC1CCC(COC=C)CC1.C=COc1ccc(C(c2ccc(OC=C)cc2)C(c2ccc(OC=C)cc2)c2ccc(OC=C)cc2)cc1.C=COc1ccccc1.C=COc1ccccc1.C=COc1ccccc1.CCC.CCC. The van der Waals surface area contributed by atoms with Gasteiger partial charge in [-0.3, -0.25) is 0 Å². The fraction of sp³-hybridized carbons (Fsp3) is 0.265. The van der Waals surface area contributed by atoms with E-state index >= 15 is 0 Å². The summed E-state index contributed by atoms with van der Waals surface area (Å²) in [6, 6.07) is 61.0. The molecule has 16 nitrogen and oxygen atoms in total. The molecule has 0 saturated heterocycles. The van der Waals surface area contributed by atoms with Gasteiger partial charge in [-0.25, -0.2) is 0 Å². The lowest BCUT2D eigenvalue weighted by molar-refractivity contribution is -0.109. The maximum atomic E-state index is 6.06. The van der Waals surface area contributed by atoms with Crippen molar-refractivity contribution >= 4 is 0 Å². The van der Waals surface area contributed by atoms with Crippen molar-refractivity contribution in [2.24, 2.45) is 22.7 Å². The van der Waals surface area contributed by atoms with Crippen LogP contribution in [0.2, 0.25) is 0 Å². The lowest BCUT2D eigenvalue weighted by atomic mass is 9.73. The Morgan fingerprint density at radius 3 is 0.588 bits per heavy atom. The van der Waals surface area contributed by atoms with Crippen LogP contribution in [0.5, 0.6) is 40.2 Å². The molecular weight excluding hydrogens is 1430 g/mol. The second-order valence-electron chi connectivity index (χ2n) is 24.8. The van der Waals surface area contributed by atoms with E-state index in [1.807, 2.05) is 140 Å². The van der Waals surface area contributed by atoms with Crippen LogP contribution in [-0.2, 0) is 42.6 Å². The summed E-state index contributed by atoms with van der Waals surface area (Å²) < 4.78 is 85.8. The Kier molecular flexibility index (Phi) is 58.0. The molecule has 0 amide bonds. The summed E-state index contributed by atoms with van der Waals surface area (Å²) in [4.78, 5) is 0. The zero-order valence-corrected chi connectivity index (χ0v) is 67.8. The number of ether oxygens (including phenoxy) is 16. The molecule has 1 fully saturated rings. The van der Waals surface area contributed by atoms with E-state index in [0.717, 1.165) is 75.7 Å². The molecule has 0 atom stereocenters. The topological polar surface area (TPSA) is 148 Å². The third-order valence-corrected chi connectivity index (χ3v) is 15.8. The predicted octanol–water partition coefficient (Wildman–Crippen LogP) is 25.2. The fourth-order valence-electron chi connectivity index (χ4n) is 10.7. The van der Waals surface area contributed by atoms with Crippen LogP contribution >= 0.6 is 0 Å². The Bertz CT molecular complexity index is 3230. The molecule has 16 heteroatoms. The van der Waals surface area contributed by atoms with Crippen LogP contribution in [0.4, 0.5) is 0 Å². The molecule has 1 aliphatic rings. The van der Waals surface area contributed by atoms with Gasteiger partial charge in [0.05, 0.1) is 131 Å². The van der Waals surface area contributed by atoms with Crippen LogP contribution in [0.15, 0.2) is 381 Å². The van der Waals surface area contributed by atoms with Crippen LogP contribution < -0.4 is 33.2 Å². The van der Waals surface area contributed by atoms with Gasteiger partial charge in [-0.05, 0) is 145 Å². The summed E-state index contributed by atoms with van der Waals surface area (Å²) in [5.74, 6) is 6.74. The van der Waals surface area contributed by atoms with Crippen molar-refractivity contribution in [3.05, 3.63) is 403 Å². The average Bonchev–Trinajstić information content (AvgIpc) is 0.780. The molecule has 0 radical (unpaired) electrons. The van der Waals surface area contributed by atoms with Crippen molar-refractivity contribution in [1.29, 1.82) is 0 Å². The summed E-state index contributed by atoms with van der Waals surface area (Å²) in [5.41, 5.74) is 3.26. The van der Waals surface area contributed by atoms with Crippen molar-refractivity contribution in [3.63, 3.8) is 0 Å². The molecular formula is C98H124O16. The van der Waals surface area contributed by atoms with Crippen molar-refractivity contribution in [3.8, 4) is 40.2 Å². The molecule has 0 bridgehead atoms. The normalized spacial score (nSPS) is 11.8. The Morgan fingerprint density at radius 2 is 0.421 bits per heavy atom. The van der Waals surface area contributed by atoms with Gasteiger partial charge in [0.2, 0.25) is 0 Å². The number of benzene rings is 7. The minimum absolute atomic E-state index is 0.0390. The highest BCUT2D eigenvalue weighted by atomic mass is 16.5. The van der Waals surface area contributed by atoms with E-state index in [1.165, 1.54) is 132 Å². The van der Waals surface area contributed by atoms with Gasteiger partial charge in [0.25, 0.3) is 0 Å². The van der Waals surface area contributed by atoms with Crippen LogP contribution in [0.3, 0.4) is 0 Å². The molecule has 612 valence electrons. The highest BCUT2D eigenvalue weighted by Gasteiger charge is 2.38. The Labute approximate surface area is 682 Å². The van der Waals surface area contributed by atoms with Gasteiger partial charge in [-0.1, -0.05) is 242 Å². The minimum Gasteiger partial charge on any atom is -0.502 e. The lowest BCUT2D eigenvalue weighted by Crippen LogP contribution is -2.44. The zero-order chi connectivity index (χ0) is 83.8. The Hall–Kier alpha value is -12.4. The number of hydrogen-bond acceptors (Lipinski definition) is 16. The first-order chi connectivity index (χ1) is 55.7. The van der Waals surface area contributed by atoms with Gasteiger partial charge >= 0.3 is 0 Å². The smallest absolute Gasteiger partial charge is 0.126 e. The van der Waals surface area contributed by atoms with E-state index in [-0.39, 0.29) is 64.7 Å². The van der Waals surface area contributed by atoms with E-state index in [9.17, 15) is 0 Å². The molecule has 0 unspecified atom stereocenters. The van der Waals surface area contributed by atoms with E-state index < -0.39 is 10.8 Å². The van der Waals surface area contributed by atoms with Crippen LogP contribution in [0.1, 0.15) is 100 Å². The number of rotatable bonds is 47. The molecule has 0 N–H and O–H groups in total. The summed E-state index contributed by atoms with van der Waals surface area (Å²) in [6.45, 7) is 65.8. The van der Waals surface area contributed by atoms with Gasteiger partial charge < -0.3 is 75.8 Å². The highest BCUT2D eigenvalue weighted by Crippen LogP contribution is 2.45. The standard InChI is InChI=1S/C34H30O4.C22H34O7.C12H20O2.3C8H8O.2C3H8/c1-5-35-29-17-9-25(10-18-29)33(26-11-19-30(20-12-26)36-6-2)34(27-13-21-31(22-14-27)37-7-3)28-15-23-32(24-16-28)38-8-4;1-7-23-13-21(14-24-8-2,15-25-9-3)19-29-20-22(16-26-10-4,17-27-11-5)18-28-12-6;1-3-13-9-11-5-7-12(8-6-11)10-14-4-2;3*1-2-9-8-6-4-3-5-7-8;2*1-3-2/h5-24,33-34H,1-4H2;7-12H,1-6,13-20H2;3-4,11-12H,1-2,5-10H2;3*2-7H,1H2;2*3H2,1-2H3. The lowest BCUT2D eigenvalue weighted by Gasteiger charge is -2.35.